The second kappa shape index (κ2) is 7.22. The van der Waals surface area contributed by atoms with Crippen molar-refractivity contribution in [3.05, 3.63) is 23.8 Å². The Kier molecular flexibility index (Phi) is 5.90. The van der Waals surface area contributed by atoms with Gasteiger partial charge in [-0.25, -0.2) is 0 Å². The van der Waals surface area contributed by atoms with Crippen LogP contribution in [0.25, 0.3) is 0 Å². The van der Waals surface area contributed by atoms with Crippen LogP contribution in [0.3, 0.4) is 0 Å². The van der Waals surface area contributed by atoms with E-state index in [0.717, 1.165) is 11.3 Å². The second-order valence-electron chi connectivity index (χ2n) is 6.14. The summed E-state index contributed by atoms with van der Waals surface area (Å²) in [7, 11) is 1.81. The highest BCUT2D eigenvalue weighted by Crippen LogP contribution is 2.23. The molecule has 0 aliphatic rings. The van der Waals surface area contributed by atoms with E-state index in [4.69, 9.17) is 0 Å². The molecular formula is C16H25N3O2. The molecule has 0 aliphatic carbocycles. The maximum absolute atomic E-state index is 12.0. The molecule has 0 atom stereocenters. The zero-order valence-corrected chi connectivity index (χ0v) is 13.5. The second-order valence-corrected chi connectivity index (χ2v) is 6.14. The summed E-state index contributed by atoms with van der Waals surface area (Å²) >= 11 is 0. The Morgan fingerprint density at radius 1 is 1.14 bits per heavy atom. The first-order chi connectivity index (χ1) is 9.74. The highest BCUT2D eigenvalue weighted by atomic mass is 16.2. The average molecular weight is 291 g/mol. The highest BCUT2D eigenvalue weighted by Gasteiger charge is 2.21. The lowest BCUT2D eigenvalue weighted by Crippen LogP contribution is -2.27. The van der Waals surface area contributed by atoms with Gasteiger partial charge in [0.2, 0.25) is 11.8 Å². The lowest BCUT2D eigenvalue weighted by atomic mass is 9.95. The van der Waals surface area contributed by atoms with Gasteiger partial charge in [-0.1, -0.05) is 26.8 Å². The molecule has 0 saturated heterocycles. The van der Waals surface area contributed by atoms with E-state index in [1.807, 2.05) is 39.8 Å². The van der Waals surface area contributed by atoms with Gasteiger partial charge >= 0.3 is 0 Å². The van der Waals surface area contributed by atoms with Gasteiger partial charge in [0.1, 0.15) is 0 Å². The monoisotopic (exact) mass is 291 g/mol. The average Bonchev–Trinajstić information content (AvgIpc) is 2.39. The Labute approximate surface area is 126 Å². The summed E-state index contributed by atoms with van der Waals surface area (Å²) in [6.07, 6.45) is 0.411. The first-order valence-electron chi connectivity index (χ1n) is 7.10. The van der Waals surface area contributed by atoms with Crippen LogP contribution in [0, 0.1) is 12.3 Å². The third-order valence-corrected chi connectivity index (χ3v) is 3.05. The zero-order valence-electron chi connectivity index (χ0n) is 13.5. The summed E-state index contributed by atoms with van der Waals surface area (Å²) in [6.45, 7) is 8.12. The van der Waals surface area contributed by atoms with Crippen molar-refractivity contribution >= 4 is 23.2 Å². The van der Waals surface area contributed by atoms with Gasteiger partial charge in [0.05, 0.1) is 0 Å². The molecule has 0 fully saturated rings. The number of benzene rings is 1. The van der Waals surface area contributed by atoms with Crippen LogP contribution in [-0.2, 0) is 9.59 Å². The summed E-state index contributed by atoms with van der Waals surface area (Å²) in [4.78, 5) is 23.8. The van der Waals surface area contributed by atoms with E-state index in [9.17, 15) is 9.59 Å². The van der Waals surface area contributed by atoms with E-state index in [0.29, 0.717) is 18.7 Å². The molecule has 0 aliphatic heterocycles. The minimum Gasteiger partial charge on any atom is -0.326 e. The topological polar surface area (TPSA) is 70.2 Å². The van der Waals surface area contributed by atoms with E-state index >= 15 is 0 Å². The lowest BCUT2D eigenvalue weighted by molar-refractivity contribution is -0.123. The number of carbonyl (C=O) groups is 2. The van der Waals surface area contributed by atoms with Crippen LogP contribution in [0.1, 0.15) is 32.8 Å². The highest BCUT2D eigenvalue weighted by molar-refractivity contribution is 5.96. The van der Waals surface area contributed by atoms with Crippen LogP contribution >= 0.6 is 0 Å². The Morgan fingerprint density at radius 3 is 2.38 bits per heavy atom. The first kappa shape index (κ1) is 17.2. The molecule has 1 aromatic carbocycles. The number of anilines is 2. The van der Waals surface area contributed by atoms with Gasteiger partial charge in [-0.3, -0.25) is 9.59 Å². The van der Waals surface area contributed by atoms with E-state index in [1.165, 1.54) is 0 Å². The SMILES string of the molecule is CNCCC(=O)Nc1cc(NC(=O)C(C)(C)C)ccc1C. The Hall–Kier alpha value is -1.88. The van der Waals surface area contributed by atoms with E-state index < -0.39 is 5.41 Å². The lowest BCUT2D eigenvalue weighted by Gasteiger charge is -2.18. The molecule has 3 N–H and O–H groups in total. The molecule has 1 aromatic rings. The normalized spacial score (nSPS) is 11.1. The minimum absolute atomic E-state index is 0.0493. The van der Waals surface area contributed by atoms with Crippen molar-refractivity contribution in [3.8, 4) is 0 Å². The molecule has 0 heterocycles. The number of hydrogen-bond acceptors (Lipinski definition) is 3. The third-order valence-electron chi connectivity index (χ3n) is 3.05. The molecule has 0 spiro atoms. The number of hydrogen-bond donors (Lipinski definition) is 3. The van der Waals surface area contributed by atoms with E-state index in [-0.39, 0.29) is 11.8 Å². The largest absolute Gasteiger partial charge is 0.326 e. The standard InChI is InChI=1S/C16H25N3O2/c1-11-6-7-12(18-15(21)16(2,3)4)10-13(11)19-14(20)8-9-17-5/h6-7,10,17H,8-9H2,1-5H3,(H,18,21)(H,19,20). The number of carbonyl (C=O) groups excluding carboxylic acids is 2. The molecule has 0 aromatic heterocycles. The van der Waals surface area contributed by atoms with Crippen molar-refractivity contribution in [2.75, 3.05) is 24.2 Å². The predicted octanol–water partition coefficient (Wildman–Crippen LogP) is 2.53. The Balaban J connectivity index is 2.80. The van der Waals surface area contributed by atoms with Gasteiger partial charge in [-0.05, 0) is 31.7 Å². The van der Waals surface area contributed by atoms with E-state index in [2.05, 4.69) is 16.0 Å². The molecule has 5 nitrogen and oxygen atoms in total. The molecule has 0 unspecified atom stereocenters. The quantitative estimate of drug-likeness (QED) is 0.780. The molecule has 5 heteroatoms. The Morgan fingerprint density at radius 2 is 1.81 bits per heavy atom. The molecule has 1 rings (SSSR count). The van der Waals surface area contributed by atoms with Crippen molar-refractivity contribution in [3.63, 3.8) is 0 Å². The Bertz CT molecular complexity index is 519. The van der Waals surface area contributed by atoms with Crippen LogP contribution in [-0.4, -0.2) is 25.4 Å². The number of rotatable bonds is 5. The van der Waals surface area contributed by atoms with Crippen molar-refractivity contribution in [2.24, 2.45) is 5.41 Å². The fourth-order valence-corrected chi connectivity index (χ4v) is 1.60. The van der Waals surface area contributed by atoms with Gasteiger partial charge in [0, 0.05) is 29.8 Å². The van der Waals surface area contributed by atoms with Crippen molar-refractivity contribution in [2.45, 2.75) is 34.1 Å². The van der Waals surface area contributed by atoms with Crippen LogP contribution in [0.5, 0.6) is 0 Å². The van der Waals surface area contributed by atoms with Crippen LogP contribution in [0.15, 0.2) is 18.2 Å². The molecule has 0 saturated carbocycles. The van der Waals surface area contributed by atoms with Crippen molar-refractivity contribution in [1.82, 2.24) is 5.32 Å². The van der Waals surface area contributed by atoms with Crippen LogP contribution in [0.2, 0.25) is 0 Å². The summed E-state index contributed by atoms with van der Waals surface area (Å²) in [6, 6.07) is 5.50. The van der Waals surface area contributed by atoms with E-state index in [1.54, 1.807) is 13.1 Å². The van der Waals surface area contributed by atoms with Gasteiger partial charge < -0.3 is 16.0 Å². The minimum atomic E-state index is -0.457. The molecule has 0 radical (unpaired) electrons. The molecule has 0 bridgehead atoms. The van der Waals surface area contributed by atoms with Gasteiger partial charge in [0.25, 0.3) is 0 Å². The van der Waals surface area contributed by atoms with Crippen molar-refractivity contribution < 1.29 is 9.59 Å². The third kappa shape index (κ3) is 5.55. The van der Waals surface area contributed by atoms with Crippen molar-refractivity contribution in [1.29, 1.82) is 0 Å². The maximum atomic E-state index is 12.0. The predicted molar refractivity (Wildman–Crippen MR) is 86.4 cm³/mol. The van der Waals surface area contributed by atoms with Crippen LogP contribution < -0.4 is 16.0 Å². The number of nitrogens with one attached hydrogen (secondary N) is 3. The number of amides is 2. The number of aryl methyl sites for hydroxylation is 1. The molecule has 21 heavy (non-hydrogen) atoms. The summed E-state index contributed by atoms with van der Waals surface area (Å²) < 4.78 is 0. The summed E-state index contributed by atoms with van der Waals surface area (Å²) in [5.74, 6) is -0.106. The molecule has 2 amide bonds. The maximum Gasteiger partial charge on any atom is 0.229 e. The molecular weight excluding hydrogens is 266 g/mol. The fraction of sp³-hybridized carbons (Fsp3) is 0.500. The first-order valence-corrected chi connectivity index (χ1v) is 7.10. The summed E-state index contributed by atoms with van der Waals surface area (Å²) in [5, 5.41) is 8.67. The van der Waals surface area contributed by atoms with Gasteiger partial charge in [-0.15, -0.1) is 0 Å². The molecule has 116 valence electrons. The zero-order chi connectivity index (χ0) is 16.0. The van der Waals surface area contributed by atoms with Gasteiger partial charge in [-0.2, -0.15) is 0 Å². The fourth-order valence-electron chi connectivity index (χ4n) is 1.60. The van der Waals surface area contributed by atoms with Gasteiger partial charge in [0.15, 0.2) is 0 Å². The van der Waals surface area contributed by atoms with Crippen LogP contribution in [0.4, 0.5) is 11.4 Å². The summed E-state index contributed by atoms with van der Waals surface area (Å²) in [5.41, 5.74) is 1.91. The smallest absolute Gasteiger partial charge is 0.229 e.